The Kier molecular flexibility index (Phi) is 8.01. The van der Waals surface area contributed by atoms with Gasteiger partial charge >= 0.3 is 0 Å². The van der Waals surface area contributed by atoms with Gasteiger partial charge in [-0.1, -0.05) is 45.5 Å². The van der Waals surface area contributed by atoms with E-state index in [9.17, 15) is 4.79 Å². The van der Waals surface area contributed by atoms with Crippen molar-refractivity contribution in [2.24, 2.45) is 0 Å². The molecule has 3 rings (SSSR count). The van der Waals surface area contributed by atoms with Crippen molar-refractivity contribution in [3.63, 3.8) is 0 Å². The van der Waals surface area contributed by atoms with Crippen molar-refractivity contribution in [2.75, 3.05) is 32.1 Å². The van der Waals surface area contributed by atoms with Gasteiger partial charge in [0.25, 0.3) is 0 Å². The summed E-state index contributed by atoms with van der Waals surface area (Å²) in [6, 6.07) is 12.2. The van der Waals surface area contributed by atoms with Gasteiger partial charge in [0.05, 0.1) is 16.6 Å². The van der Waals surface area contributed by atoms with Crippen LogP contribution in [0, 0.1) is 13.8 Å². The van der Waals surface area contributed by atoms with E-state index in [0.717, 1.165) is 31.9 Å². The quantitative estimate of drug-likeness (QED) is 0.482. The number of anilines is 1. The van der Waals surface area contributed by atoms with Crippen molar-refractivity contribution < 1.29 is 4.79 Å². The first-order valence-corrected chi connectivity index (χ1v) is 10.5. The number of hydrogen-bond donors (Lipinski definition) is 0. The molecule has 0 saturated carbocycles. The molecule has 3 aromatic rings. The third-order valence-electron chi connectivity index (χ3n) is 4.57. The van der Waals surface area contributed by atoms with Crippen LogP contribution in [0.5, 0.6) is 0 Å². The fraction of sp³-hybridized carbons (Fsp3) is 0.333. The number of hydrogen-bond acceptors (Lipinski definition) is 4. The molecule has 0 aliphatic carbocycles. The number of benzene rings is 2. The maximum Gasteiger partial charge on any atom is 0.233 e. The molecule has 0 radical (unpaired) electrons. The van der Waals surface area contributed by atoms with Crippen LogP contribution in [0.15, 0.2) is 40.9 Å². The van der Waals surface area contributed by atoms with Crippen molar-refractivity contribution in [1.29, 1.82) is 0 Å². The Morgan fingerprint density at radius 1 is 1.07 bits per heavy atom. The lowest BCUT2D eigenvalue weighted by molar-refractivity contribution is -0.118. The number of fused-ring (bicyclic) bond motifs is 1. The number of likely N-dealkylation sites (N-methyl/N-ethyl adjacent to an activating group) is 1. The second-order valence-corrected chi connectivity index (χ2v) is 8.98. The molecule has 0 bridgehead atoms. The Hall–Kier alpha value is -1.47. The lowest BCUT2D eigenvalue weighted by Gasteiger charge is -2.22. The molecule has 0 fully saturated rings. The molecule has 0 N–H and O–H groups in total. The molecule has 150 valence electrons. The highest BCUT2D eigenvalue weighted by Crippen LogP contribution is 2.31. The van der Waals surface area contributed by atoms with E-state index in [1.54, 1.807) is 11.3 Å². The van der Waals surface area contributed by atoms with E-state index in [1.807, 2.05) is 37.2 Å². The van der Waals surface area contributed by atoms with Crippen LogP contribution in [0.2, 0.25) is 0 Å². The molecular formula is C21H25BrClN3OS. The minimum Gasteiger partial charge on any atom is -0.308 e. The summed E-state index contributed by atoms with van der Waals surface area (Å²) in [4.78, 5) is 21.8. The summed E-state index contributed by atoms with van der Waals surface area (Å²) in [5.74, 6) is 0.0817. The number of carbonyl (C=O) groups is 1. The molecule has 0 atom stereocenters. The molecule has 0 unspecified atom stereocenters. The highest BCUT2D eigenvalue weighted by molar-refractivity contribution is 9.10. The van der Waals surface area contributed by atoms with Gasteiger partial charge in [-0.2, -0.15) is 0 Å². The fourth-order valence-electron chi connectivity index (χ4n) is 2.81. The van der Waals surface area contributed by atoms with E-state index in [1.165, 1.54) is 11.1 Å². The van der Waals surface area contributed by atoms with Gasteiger partial charge in [-0.05, 0) is 62.8 Å². The van der Waals surface area contributed by atoms with Crippen LogP contribution in [0.4, 0.5) is 5.13 Å². The number of aryl methyl sites for hydroxylation is 2. The van der Waals surface area contributed by atoms with Crippen molar-refractivity contribution in [2.45, 2.75) is 20.3 Å². The average Bonchev–Trinajstić information content (AvgIpc) is 3.00. The largest absolute Gasteiger partial charge is 0.308 e. The van der Waals surface area contributed by atoms with Crippen LogP contribution < -0.4 is 4.90 Å². The van der Waals surface area contributed by atoms with E-state index in [4.69, 9.17) is 4.98 Å². The molecule has 0 aliphatic heterocycles. The van der Waals surface area contributed by atoms with Crippen molar-refractivity contribution in [3.8, 4) is 0 Å². The van der Waals surface area contributed by atoms with Gasteiger partial charge in [-0.3, -0.25) is 9.69 Å². The number of amides is 1. The van der Waals surface area contributed by atoms with E-state index < -0.39 is 0 Å². The molecule has 4 nitrogen and oxygen atoms in total. The SMILES string of the molecule is Cc1ccc(CC(=O)N(CCN(C)C)c2nc3ccc(Br)cc3s2)cc1C.Cl. The van der Waals surface area contributed by atoms with Gasteiger partial charge in [0, 0.05) is 17.6 Å². The minimum absolute atomic E-state index is 0. The molecule has 0 aliphatic rings. The molecule has 0 spiro atoms. The van der Waals surface area contributed by atoms with Gasteiger partial charge in [0.2, 0.25) is 5.91 Å². The zero-order chi connectivity index (χ0) is 19.6. The molecule has 1 aromatic heterocycles. The monoisotopic (exact) mass is 481 g/mol. The molecule has 7 heteroatoms. The third kappa shape index (κ3) is 5.54. The Labute approximate surface area is 185 Å². The molecular weight excluding hydrogens is 458 g/mol. The standard InChI is InChI=1S/C21H24BrN3OS.ClH/c1-14-5-6-16(11-15(14)2)12-20(26)25(10-9-24(3)4)21-23-18-8-7-17(22)13-19(18)27-21;/h5-8,11,13H,9-10,12H2,1-4H3;1H. The summed E-state index contributed by atoms with van der Waals surface area (Å²) in [5, 5.41) is 0.763. The number of rotatable bonds is 6. The van der Waals surface area contributed by atoms with E-state index in [2.05, 4.69) is 52.9 Å². The highest BCUT2D eigenvalue weighted by atomic mass is 79.9. The van der Waals surface area contributed by atoms with Gasteiger partial charge in [-0.15, -0.1) is 12.4 Å². The van der Waals surface area contributed by atoms with Crippen LogP contribution in [0.25, 0.3) is 10.2 Å². The predicted octanol–water partition coefficient (Wildman–Crippen LogP) is 5.23. The summed E-state index contributed by atoms with van der Waals surface area (Å²) < 4.78 is 2.10. The number of thiazole rings is 1. The first kappa shape index (κ1) is 22.8. The second kappa shape index (κ2) is 9.83. The van der Waals surface area contributed by atoms with Crippen LogP contribution in [0.3, 0.4) is 0 Å². The third-order valence-corrected chi connectivity index (χ3v) is 6.10. The van der Waals surface area contributed by atoms with E-state index >= 15 is 0 Å². The number of carbonyl (C=O) groups excluding carboxylic acids is 1. The summed E-state index contributed by atoms with van der Waals surface area (Å²) in [7, 11) is 4.03. The minimum atomic E-state index is 0. The maximum absolute atomic E-state index is 13.1. The lowest BCUT2D eigenvalue weighted by Crippen LogP contribution is -2.37. The average molecular weight is 483 g/mol. The second-order valence-electron chi connectivity index (χ2n) is 7.05. The predicted molar refractivity (Wildman–Crippen MR) is 125 cm³/mol. The number of aromatic nitrogens is 1. The number of nitrogens with zero attached hydrogens (tertiary/aromatic N) is 3. The fourth-order valence-corrected chi connectivity index (χ4v) is 4.37. The topological polar surface area (TPSA) is 36.4 Å². The lowest BCUT2D eigenvalue weighted by atomic mass is 10.0. The summed E-state index contributed by atoms with van der Waals surface area (Å²) >= 11 is 5.07. The summed E-state index contributed by atoms with van der Waals surface area (Å²) in [6.07, 6.45) is 0.383. The van der Waals surface area contributed by atoms with Gasteiger partial charge < -0.3 is 4.90 Å². The number of halogens is 2. The molecule has 28 heavy (non-hydrogen) atoms. The Morgan fingerprint density at radius 3 is 2.50 bits per heavy atom. The molecule has 2 aromatic carbocycles. The van der Waals surface area contributed by atoms with Gasteiger partial charge in [0.15, 0.2) is 5.13 Å². The highest BCUT2D eigenvalue weighted by Gasteiger charge is 2.20. The Bertz CT molecular complexity index is 973. The van der Waals surface area contributed by atoms with Gasteiger partial charge in [0.1, 0.15) is 0 Å². The van der Waals surface area contributed by atoms with Crippen LogP contribution >= 0.6 is 39.7 Å². The van der Waals surface area contributed by atoms with Crippen molar-refractivity contribution in [3.05, 3.63) is 57.6 Å². The van der Waals surface area contributed by atoms with Crippen LogP contribution in [-0.2, 0) is 11.2 Å². The first-order chi connectivity index (χ1) is 12.8. The van der Waals surface area contributed by atoms with Crippen molar-refractivity contribution in [1.82, 2.24) is 9.88 Å². The van der Waals surface area contributed by atoms with Gasteiger partial charge in [-0.25, -0.2) is 4.98 Å². The zero-order valence-corrected chi connectivity index (χ0v) is 19.7. The summed E-state index contributed by atoms with van der Waals surface area (Å²) in [6.45, 7) is 5.58. The molecule has 0 saturated heterocycles. The first-order valence-electron chi connectivity index (χ1n) is 8.91. The maximum atomic E-state index is 13.1. The van der Waals surface area contributed by atoms with E-state index in [-0.39, 0.29) is 18.3 Å². The smallest absolute Gasteiger partial charge is 0.233 e. The van der Waals surface area contributed by atoms with E-state index in [0.29, 0.717) is 13.0 Å². The zero-order valence-electron chi connectivity index (χ0n) is 16.5. The Balaban J connectivity index is 0.00000280. The van der Waals surface area contributed by atoms with Crippen LogP contribution in [-0.4, -0.2) is 43.0 Å². The molecule has 1 heterocycles. The van der Waals surface area contributed by atoms with Crippen LogP contribution in [0.1, 0.15) is 16.7 Å². The Morgan fingerprint density at radius 2 is 1.82 bits per heavy atom. The molecule has 1 amide bonds. The van der Waals surface area contributed by atoms with Crippen molar-refractivity contribution >= 4 is 60.9 Å². The normalized spacial score (nSPS) is 10.9. The summed E-state index contributed by atoms with van der Waals surface area (Å²) in [5.41, 5.74) is 4.42.